The maximum absolute atomic E-state index is 13.2. The lowest BCUT2D eigenvalue weighted by atomic mass is 10.1. The molecule has 1 fully saturated rings. The third-order valence-corrected chi connectivity index (χ3v) is 4.53. The molecule has 0 atom stereocenters. The highest BCUT2D eigenvalue weighted by Gasteiger charge is 2.24. The lowest BCUT2D eigenvalue weighted by molar-refractivity contribution is -0.133. The first kappa shape index (κ1) is 18.4. The van der Waals surface area contributed by atoms with Crippen molar-refractivity contribution < 1.29 is 14.0 Å². The van der Waals surface area contributed by atoms with Gasteiger partial charge in [-0.1, -0.05) is 19.9 Å². The van der Waals surface area contributed by atoms with E-state index in [1.54, 1.807) is 11.0 Å². The van der Waals surface area contributed by atoms with Gasteiger partial charge in [-0.3, -0.25) is 9.59 Å². The van der Waals surface area contributed by atoms with Gasteiger partial charge in [0.05, 0.1) is 0 Å². The molecule has 1 aromatic carbocycles. The van der Waals surface area contributed by atoms with Crippen molar-refractivity contribution in [1.82, 2.24) is 14.7 Å². The number of hydrogen-bond donors (Lipinski definition) is 0. The van der Waals surface area contributed by atoms with Crippen LogP contribution in [0.5, 0.6) is 0 Å². The fraction of sp³-hybridized carbons (Fsp3) is 0.556. The van der Waals surface area contributed by atoms with E-state index in [1.807, 2.05) is 4.90 Å². The number of nitrogens with zero attached hydrogens (tertiary/aromatic N) is 3. The third kappa shape index (κ3) is 4.77. The van der Waals surface area contributed by atoms with E-state index in [0.29, 0.717) is 38.2 Å². The average molecular weight is 335 g/mol. The Balaban J connectivity index is 1.82. The van der Waals surface area contributed by atoms with Gasteiger partial charge in [0, 0.05) is 44.7 Å². The van der Waals surface area contributed by atoms with Crippen LogP contribution in [0.2, 0.25) is 0 Å². The van der Waals surface area contributed by atoms with E-state index in [-0.39, 0.29) is 11.8 Å². The average Bonchev–Trinajstić information content (AvgIpc) is 2.62. The van der Waals surface area contributed by atoms with Crippen LogP contribution in [0.25, 0.3) is 0 Å². The van der Waals surface area contributed by atoms with Crippen molar-refractivity contribution in [2.24, 2.45) is 0 Å². The molecule has 2 amide bonds. The van der Waals surface area contributed by atoms with Crippen LogP contribution in [-0.4, -0.2) is 72.3 Å². The summed E-state index contributed by atoms with van der Waals surface area (Å²) in [7, 11) is 0. The Hall–Kier alpha value is -1.95. The van der Waals surface area contributed by atoms with Gasteiger partial charge in [0.15, 0.2) is 0 Å². The SMILES string of the molecule is CCN(CC)CCC(=O)N1CCN(C(=O)c2cccc(F)c2)CC1. The molecule has 0 aromatic heterocycles. The molecule has 0 unspecified atom stereocenters. The summed E-state index contributed by atoms with van der Waals surface area (Å²) in [6.07, 6.45) is 0.513. The Labute approximate surface area is 143 Å². The van der Waals surface area contributed by atoms with Gasteiger partial charge < -0.3 is 14.7 Å². The fourth-order valence-corrected chi connectivity index (χ4v) is 2.91. The number of hydrogen-bond acceptors (Lipinski definition) is 3. The zero-order chi connectivity index (χ0) is 17.5. The molecular weight excluding hydrogens is 309 g/mol. The van der Waals surface area contributed by atoms with Crippen molar-refractivity contribution in [1.29, 1.82) is 0 Å². The van der Waals surface area contributed by atoms with Crippen LogP contribution in [0.3, 0.4) is 0 Å². The summed E-state index contributed by atoms with van der Waals surface area (Å²) >= 11 is 0. The first-order valence-corrected chi connectivity index (χ1v) is 8.60. The van der Waals surface area contributed by atoms with Crippen LogP contribution in [0.15, 0.2) is 24.3 Å². The second-order valence-corrected chi connectivity index (χ2v) is 5.96. The van der Waals surface area contributed by atoms with Crippen LogP contribution < -0.4 is 0 Å². The molecule has 132 valence electrons. The first-order valence-electron chi connectivity index (χ1n) is 8.60. The molecule has 0 saturated carbocycles. The summed E-state index contributed by atoms with van der Waals surface area (Å²) in [5.41, 5.74) is 0.358. The molecule has 1 saturated heterocycles. The quantitative estimate of drug-likeness (QED) is 0.797. The molecule has 1 aliphatic rings. The molecule has 0 spiro atoms. The Morgan fingerprint density at radius 2 is 1.71 bits per heavy atom. The summed E-state index contributed by atoms with van der Waals surface area (Å²) in [6, 6.07) is 5.73. The zero-order valence-corrected chi connectivity index (χ0v) is 14.5. The van der Waals surface area contributed by atoms with E-state index >= 15 is 0 Å². The Morgan fingerprint density at radius 1 is 1.08 bits per heavy atom. The van der Waals surface area contributed by atoms with Gasteiger partial charge in [0.2, 0.25) is 5.91 Å². The molecule has 1 heterocycles. The first-order chi connectivity index (χ1) is 11.5. The molecule has 2 rings (SSSR count). The van der Waals surface area contributed by atoms with E-state index < -0.39 is 5.82 Å². The molecule has 1 aromatic rings. The monoisotopic (exact) mass is 335 g/mol. The molecule has 0 N–H and O–H groups in total. The van der Waals surface area contributed by atoms with E-state index in [9.17, 15) is 14.0 Å². The zero-order valence-electron chi connectivity index (χ0n) is 14.5. The number of carbonyl (C=O) groups excluding carboxylic acids is 2. The number of halogens is 1. The predicted octanol–water partition coefficient (Wildman–Crippen LogP) is 1.84. The molecule has 6 heteroatoms. The molecule has 5 nitrogen and oxygen atoms in total. The van der Waals surface area contributed by atoms with E-state index in [4.69, 9.17) is 0 Å². The number of amides is 2. The van der Waals surface area contributed by atoms with Crippen LogP contribution >= 0.6 is 0 Å². The minimum Gasteiger partial charge on any atom is -0.339 e. The van der Waals surface area contributed by atoms with Crippen molar-refractivity contribution in [3.63, 3.8) is 0 Å². The van der Waals surface area contributed by atoms with E-state index in [0.717, 1.165) is 19.6 Å². The van der Waals surface area contributed by atoms with Gasteiger partial charge in [0.25, 0.3) is 5.91 Å². The Bertz CT molecular complexity index is 567. The van der Waals surface area contributed by atoms with Gasteiger partial charge in [-0.25, -0.2) is 4.39 Å². The predicted molar refractivity (Wildman–Crippen MR) is 91.3 cm³/mol. The highest BCUT2D eigenvalue weighted by Crippen LogP contribution is 2.11. The number of benzene rings is 1. The van der Waals surface area contributed by atoms with Crippen molar-refractivity contribution in [2.45, 2.75) is 20.3 Å². The minimum atomic E-state index is -0.411. The number of carbonyl (C=O) groups is 2. The molecule has 0 aliphatic carbocycles. The summed E-state index contributed by atoms with van der Waals surface area (Å²) in [5, 5.41) is 0. The van der Waals surface area contributed by atoms with Gasteiger partial charge >= 0.3 is 0 Å². The van der Waals surface area contributed by atoms with E-state index in [1.165, 1.54) is 18.2 Å². The number of piperazine rings is 1. The lowest BCUT2D eigenvalue weighted by Crippen LogP contribution is -2.51. The number of rotatable bonds is 6. The van der Waals surface area contributed by atoms with Crippen LogP contribution in [-0.2, 0) is 4.79 Å². The second-order valence-electron chi connectivity index (χ2n) is 5.96. The maximum Gasteiger partial charge on any atom is 0.254 e. The molecule has 24 heavy (non-hydrogen) atoms. The molecule has 0 bridgehead atoms. The lowest BCUT2D eigenvalue weighted by Gasteiger charge is -2.35. The minimum absolute atomic E-state index is 0.139. The van der Waals surface area contributed by atoms with Gasteiger partial charge in [-0.05, 0) is 31.3 Å². The topological polar surface area (TPSA) is 43.9 Å². The summed E-state index contributed by atoms with van der Waals surface area (Å²) in [5.74, 6) is -0.449. The highest BCUT2D eigenvalue weighted by molar-refractivity contribution is 5.94. The van der Waals surface area contributed by atoms with Crippen molar-refractivity contribution >= 4 is 11.8 Å². The molecule has 0 radical (unpaired) electrons. The fourth-order valence-electron chi connectivity index (χ4n) is 2.91. The van der Waals surface area contributed by atoms with Crippen molar-refractivity contribution in [3.05, 3.63) is 35.6 Å². The summed E-state index contributed by atoms with van der Waals surface area (Å²) < 4.78 is 13.2. The van der Waals surface area contributed by atoms with Gasteiger partial charge in [-0.15, -0.1) is 0 Å². The van der Waals surface area contributed by atoms with Crippen LogP contribution in [0.4, 0.5) is 4.39 Å². The van der Waals surface area contributed by atoms with Crippen molar-refractivity contribution in [2.75, 3.05) is 45.8 Å². The van der Waals surface area contributed by atoms with Crippen LogP contribution in [0, 0.1) is 5.82 Å². The smallest absolute Gasteiger partial charge is 0.254 e. The Kier molecular flexibility index (Phi) is 6.73. The standard InChI is InChI=1S/C18H26FN3O2/c1-3-20(4-2)9-8-17(23)21-10-12-22(13-11-21)18(24)15-6-5-7-16(19)14-15/h5-7,14H,3-4,8-13H2,1-2H3. The Morgan fingerprint density at radius 3 is 2.29 bits per heavy atom. The molecule has 1 aliphatic heterocycles. The summed E-state index contributed by atoms with van der Waals surface area (Å²) in [6.45, 7) is 8.90. The molecular formula is C18H26FN3O2. The largest absolute Gasteiger partial charge is 0.339 e. The summed E-state index contributed by atoms with van der Waals surface area (Å²) in [4.78, 5) is 30.4. The maximum atomic E-state index is 13.2. The van der Waals surface area contributed by atoms with E-state index in [2.05, 4.69) is 18.7 Å². The van der Waals surface area contributed by atoms with Crippen molar-refractivity contribution in [3.8, 4) is 0 Å². The highest BCUT2D eigenvalue weighted by atomic mass is 19.1. The normalized spacial score (nSPS) is 15.0. The third-order valence-electron chi connectivity index (χ3n) is 4.53. The van der Waals surface area contributed by atoms with Gasteiger partial charge in [-0.2, -0.15) is 0 Å². The van der Waals surface area contributed by atoms with Gasteiger partial charge in [0.1, 0.15) is 5.82 Å². The second kappa shape index (κ2) is 8.78. The van der Waals surface area contributed by atoms with Crippen LogP contribution in [0.1, 0.15) is 30.6 Å².